The fourth-order valence-electron chi connectivity index (χ4n) is 6.13. The summed E-state index contributed by atoms with van der Waals surface area (Å²) in [5.41, 5.74) is 14.1. The molecule has 166 valence electrons. The molecule has 0 aromatic heterocycles. The van der Waals surface area contributed by atoms with Gasteiger partial charge in [0.15, 0.2) is 0 Å². The van der Waals surface area contributed by atoms with Crippen LogP contribution in [0.15, 0.2) is 78.9 Å². The molecule has 0 saturated heterocycles. The van der Waals surface area contributed by atoms with Crippen molar-refractivity contribution in [1.82, 2.24) is 0 Å². The molecule has 0 nitrogen and oxygen atoms in total. The van der Waals surface area contributed by atoms with Gasteiger partial charge in [0, 0.05) is 0 Å². The Morgan fingerprint density at radius 3 is 1.47 bits per heavy atom. The van der Waals surface area contributed by atoms with Crippen LogP contribution < -0.4 is 5.46 Å². The molecule has 4 aromatic rings. The molecule has 6 rings (SSSR count). The van der Waals surface area contributed by atoms with Gasteiger partial charge in [-0.2, -0.15) is 0 Å². The molecule has 0 amide bonds. The average molecular weight is 438 g/mol. The van der Waals surface area contributed by atoms with E-state index in [9.17, 15) is 0 Å². The Labute approximate surface area is 205 Å². The van der Waals surface area contributed by atoms with Gasteiger partial charge in [0.25, 0.3) is 0 Å². The van der Waals surface area contributed by atoms with Crippen LogP contribution in [0.1, 0.15) is 74.9 Å². The van der Waals surface area contributed by atoms with E-state index >= 15 is 0 Å². The second-order valence-corrected chi connectivity index (χ2v) is 12.1. The number of fused-ring (bicyclic) bond motifs is 10. The molecule has 0 N–H and O–H groups in total. The Balaban J connectivity index is 1.82. The highest BCUT2D eigenvalue weighted by molar-refractivity contribution is 6.32. The minimum Gasteiger partial charge on any atom is -0.0963 e. The van der Waals surface area contributed by atoms with E-state index in [1.165, 1.54) is 55.6 Å². The fourth-order valence-corrected chi connectivity index (χ4v) is 6.13. The average Bonchev–Trinajstić information content (AvgIpc) is 3.24. The van der Waals surface area contributed by atoms with Crippen molar-refractivity contribution in [2.75, 3.05) is 0 Å². The van der Waals surface area contributed by atoms with E-state index in [0.29, 0.717) is 0 Å². The van der Waals surface area contributed by atoms with Crippen LogP contribution in [0.5, 0.6) is 0 Å². The van der Waals surface area contributed by atoms with E-state index in [1.54, 1.807) is 0 Å². The maximum absolute atomic E-state index is 6.45. The van der Waals surface area contributed by atoms with Crippen molar-refractivity contribution in [2.45, 2.75) is 57.8 Å². The molecule has 1 spiro atoms. The lowest BCUT2D eigenvalue weighted by Gasteiger charge is -2.33. The van der Waals surface area contributed by atoms with Crippen molar-refractivity contribution in [1.29, 1.82) is 0 Å². The van der Waals surface area contributed by atoms with Gasteiger partial charge in [-0.05, 0) is 66.5 Å². The first-order valence-corrected chi connectivity index (χ1v) is 12.3. The summed E-state index contributed by atoms with van der Waals surface area (Å²) in [7, 11) is 6.45. The molecule has 0 aliphatic heterocycles. The Kier molecular flexibility index (Phi) is 4.27. The number of hydrogen-bond acceptors (Lipinski definition) is 0. The number of hydrogen-bond donors (Lipinski definition) is 0. The van der Waals surface area contributed by atoms with Gasteiger partial charge in [0.05, 0.1) is 5.41 Å². The Morgan fingerprint density at radius 2 is 0.941 bits per heavy atom. The Bertz CT molecular complexity index is 1410. The van der Waals surface area contributed by atoms with Gasteiger partial charge in [-0.15, -0.1) is 0 Å². The number of benzene rings is 4. The van der Waals surface area contributed by atoms with Crippen LogP contribution in [0.3, 0.4) is 0 Å². The van der Waals surface area contributed by atoms with Crippen molar-refractivity contribution in [2.24, 2.45) is 0 Å². The molecule has 2 aliphatic rings. The molecule has 4 aromatic carbocycles. The summed E-state index contributed by atoms with van der Waals surface area (Å²) in [6.45, 7) is 13.8. The van der Waals surface area contributed by atoms with Gasteiger partial charge in [-0.3, -0.25) is 0 Å². The third-order valence-electron chi connectivity index (χ3n) is 7.94. The summed E-state index contributed by atoms with van der Waals surface area (Å²) >= 11 is 0. The Hall–Kier alpha value is -3.06. The van der Waals surface area contributed by atoms with Crippen LogP contribution in [0.25, 0.3) is 22.3 Å². The van der Waals surface area contributed by atoms with E-state index in [-0.39, 0.29) is 16.2 Å². The molecule has 34 heavy (non-hydrogen) atoms. The second-order valence-electron chi connectivity index (χ2n) is 12.1. The van der Waals surface area contributed by atoms with E-state index < -0.39 is 0 Å². The zero-order valence-electron chi connectivity index (χ0n) is 21.1. The minimum atomic E-state index is -0.353. The monoisotopic (exact) mass is 438 g/mol. The van der Waals surface area contributed by atoms with Crippen LogP contribution in [0.2, 0.25) is 0 Å². The van der Waals surface area contributed by atoms with Crippen molar-refractivity contribution >= 4 is 13.3 Å². The van der Waals surface area contributed by atoms with Crippen LogP contribution in [-0.4, -0.2) is 7.85 Å². The van der Waals surface area contributed by atoms with Gasteiger partial charge in [-0.25, -0.2) is 0 Å². The highest BCUT2D eigenvalue weighted by Gasteiger charge is 2.52. The summed E-state index contributed by atoms with van der Waals surface area (Å²) in [6, 6.07) is 29.7. The molecule has 0 heterocycles. The normalized spacial score (nSPS) is 15.1. The molecule has 0 atom stereocenters. The van der Waals surface area contributed by atoms with E-state index in [1.807, 2.05) is 6.07 Å². The molecule has 0 saturated carbocycles. The van der Waals surface area contributed by atoms with Crippen molar-refractivity contribution < 1.29 is 0 Å². The molecule has 0 fully saturated rings. The molecule has 2 radical (unpaired) electrons. The SMILES string of the molecule is [B]c1ccc2c(c1)C1(c3ccccc3-2)c2cc(C(C)(C)C)ccc2-c2ccc(C(C)(C)C)cc21. The van der Waals surface area contributed by atoms with E-state index in [4.69, 9.17) is 7.85 Å². The molecule has 0 bridgehead atoms. The topological polar surface area (TPSA) is 0 Å². The summed E-state index contributed by atoms with van der Waals surface area (Å²) < 4.78 is 0. The van der Waals surface area contributed by atoms with Crippen molar-refractivity contribution in [3.63, 3.8) is 0 Å². The van der Waals surface area contributed by atoms with Crippen LogP contribution in [0.4, 0.5) is 0 Å². The lowest BCUT2D eigenvalue weighted by atomic mass is 9.68. The van der Waals surface area contributed by atoms with E-state index in [2.05, 4.69) is 114 Å². The van der Waals surface area contributed by atoms with Crippen molar-refractivity contribution in [3.05, 3.63) is 112 Å². The van der Waals surface area contributed by atoms with Gasteiger partial charge >= 0.3 is 0 Å². The maximum atomic E-state index is 6.45. The quantitative estimate of drug-likeness (QED) is 0.217. The largest absolute Gasteiger partial charge is 0.113 e. The summed E-state index contributed by atoms with van der Waals surface area (Å²) in [4.78, 5) is 0. The smallest absolute Gasteiger partial charge is 0.0963 e. The first kappa shape index (κ1) is 21.5. The van der Waals surface area contributed by atoms with E-state index in [0.717, 1.165) is 5.46 Å². The predicted octanol–water partition coefficient (Wildman–Crippen LogP) is 7.42. The third kappa shape index (κ3) is 2.73. The summed E-state index contributed by atoms with van der Waals surface area (Å²) in [5, 5.41) is 0. The molecular formula is C33H31B. The lowest BCUT2D eigenvalue weighted by Crippen LogP contribution is -2.28. The summed E-state index contributed by atoms with van der Waals surface area (Å²) in [6.07, 6.45) is 0. The first-order valence-electron chi connectivity index (χ1n) is 12.3. The molecule has 2 aliphatic carbocycles. The first-order chi connectivity index (χ1) is 16.0. The zero-order chi connectivity index (χ0) is 24.0. The Morgan fingerprint density at radius 1 is 0.500 bits per heavy atom. The fraction of sp³-hybridized carbons (Fsp3) is 0.273. The van der Waals surface area contributed by atoms with Gasteiger partial charge in [0.2, 0.25) is 0 Å². The van der Waals surface area contributed by atoms with Gasteiger partial charge in [-0.1, -0.05) is 126 Å². The van der Waals surface area contributed by atoms with Crippen molar-refractivity contribution in [3.8, 4) is 22.3 Å². The van der Waals surface area contributed by atoms with Crippen LogP contribution >= 0.6 is 0 Å². The van der Waals surface area contributed by atoms with Gasteiger partial charge < -0.3 is 0 Å². The summed E-state index contributed by atoms with van der Waals surface area (Å²) in [5.74, 6) is 0. The highest BCUT2D eigenvalue weighted by Crippen LogP contribution is 2.63. The van der Waals surface area contributed by atoms with Crippen LogP contribution in [0, 0.1) is 0 Å². The zero-order valence-corrected chi connectivity index (χ0v) is 21.1. The number of rotatable bonds is 0. The minimum absolute atomic E-state index is 0.0677. The maximum Gasteiger partial charge on any atom is 0.113 e. The highest BCUT2D eigenvalue weighted by atomic mass is 14.5. The third-order valence-corrected chi connectivity index (χ3v) is 7.94. The molecule has 1 heteroatoms. The molecule has 0 unspecified atom stereocenters. The van der Waals surface area contributed by atoms with Gasteiger partial charge in [0.1, 0.15) is 7.85 Å². The lowest BCUT2D eigenvalue weighted by molar-refractivity contribution is 0.586. The molecular weight excluding hydrogens is 407 g/mol. The predicted molar refractivity (Wildman–Crippen MR) is 146 cm³/mol. The standard InChI is InChI=1S/C33H31B/c1-31(2,3)20-11-14-24-25-15-12-21(32(4,5)6)18-29(25)33(28(24)17-20)27-10-8-7-9-23(27)26-16-13-22(34)19-30(26)33/h7-19H,1-6H3. The van der Waals surface area contributed by atoms with Crippen LogP contribution in [-0.2, 0) is 16.2 Å². The second kappa shape index (κ2) is 6.75.